The van der Waals surface area contributed by atoms with Crippen LogP contribution in [0.2, 0.25) is 0 Å². The predicted octanol–water partition coefficient (Wildman–Crippen LogP) is -0.890. The van der Waals surface area contributed by atoms with E-state index in [4.69, 9.17) is 10.2 Å². The van der Waals surface area contributed by atoms with E-state index < -0.39 is 30.4 Å². The van der Waals surface area contributed by atoms with Crippen molar-refractivity contribution < 1.29 is 24.6 Å². The van der Waals surface area contributed by atoms with Crippen molar-refractivity contribution in [3.8, 4) is 0 Å². The molecule has 0 radical (unpaired) electrons. The normalized spacial score (nSPS) is 11.6. The van der Waals surface area contributed by atoms with E-state index in [0.29, 0.717) is 6.54 Å². The number of urea groups is 1. The molecule has 0 saturated heterocycles. The van der Waals surface area contributed by atoms with Crippen LogP contribution in [0.1, 0.15) is 6.42 Å². The number of nitrogens with zero attached hydrogens (tertiary/aromatic N) is 2. The first-order chi connectivity index (χ1) is 8.99. The Labute approximate surface area is 108 Å². The lowest BCUT2D eigenvalue weighted by atomic mass is 10.2. The lowest BCUT2D eigenvalue weighted by molar-refractivity contribution is -0.145. The van der Waals surface area contributed by atoms with Gasteiger partial charge in [0.25, 0.3) is 0 Å². The van der Waals surface area contributed by atoms with Gasteiger partial charge in [-0.2, -0.15) is 0 Å². The lowest BCUT2D eigenvalue weighted by Crippen LogP contribution is -2.47. The molecule has 1 unspecified atom stereocenters. The van der Waals surface area contributed by atoms with Crippen LogP contribution >= 0.6 is 0 Å². The van der Waals surface area contributed by atoms with E-state index in [9.17, 15) is 14.4 Å². The standard InChI is InChI=1S/C10H14N4O5/c15-8(16)5-7(9(17)18)13-10(19)12-2-4-14-3-1-11-6-14/h1,3,6-7H,2,4-5H2,(H,15,16)(H,17,18)(H2,12,13,19). The number of imidazole rings is 1. The number of hydrogen-bond acceptors (Lipinski definition) is 4. The van der Waals surface area contributed by atoms with Crippen LogP contribution in [0.25, 0.3) is 0 Å². The Bertz CT molecular complexity index is 445. The summed E-state index contributed by atoms with van der Waals surface area (Å²) in [4.78, 5) is 36.3. The molecule has 0 spiro atoms. The number of rotatable bonds is 7. The van der Waals surface area contributed by atoms with Crippen molar-refractivity contribution in [1.82, 2.24) is 20.2 Å². The van der Waals surface area contributed by atoms with Crippen molar-refractivity contribution >= 4 is 18.0 Å². The highest BCUT2D eigenvalue weighted by molar-refractivity contribution is 5.86. The minimum absolute atomic E-state index is 0.265. The molecule has 0 fully saturated rings. The van der Waals surface area contributed by atoms with Crippen molar-refractivity contribution in [3.63, 3.8) is 0 Å². The van der Waals surface area contributed by atoms with Gasteiger partial charge in [0, 0.05) is 25.5 Å². The van der Waals surface area contributed by atoms with Gasteiger partial charge >= 0.3 is 18.0 Å². The molecule has 0 saturated carbocycles. The Morgan fingerprint density at radius 1 is 1.32 bits per heavy atom. The van der Waals surface area contributed by atoms with Crippen LogP contribution in [0.15, 0.2) is 18.7 Å². The number of hydrogen-bond donors (Lipinski definition) is 4. The van der Waals surface area contributed by atoms with Crippen LogP contribution < -0.4 is 10.6 Å². The molecule has 0 bridgehead atoms. The van der Waals surface area contributed by atoms with Crippen molar-refractivity contribution in [2.24, 2.45) is 0 Å². The molecular weight excluding hydrogens is 256 g/mol. The Balaban J connectivity index is 2.32. The maximum atomic E-state index is 11.4. The van der Waals surface area contributed by atoms with Crippen molar-refractivity contribution in [1.29, 1.82) is 0 Å². The molecule has 104 valence electrons. The van der Waals surface area contributed by atoms with E-state index in [1.807, 2.05) is 0 Å². The van der Waals surface area contributed by atoms with Gasteiger partial charge in [-0.15, -0.1) is 0 Å². The van der Waals surface area contributed by atoms with Gasteiger partial charge in [-0.1, -0.05) is 0 Å². The summed E-state index contributed by atoms with van der Waals surface area (Å²) >= 11 is 0. The molecule has 1 atom stereocenters. The van der Waals surface area contributed by atoms with E-state index in [0.717, 1.165) is 0 Å². The molecule has 1 heterocycles. The fourth-order valence-electron chi connectivity index (χ4n) is 1.30. The molecule has 2 amide bonds. The topological polar surface area (TPSA) is 134 Å². The summed E-state index contributed by atoms with van der Waals surface area (Å²) < 4.78 is 1.73. The Morgan fingerprint density at radius 3 is 2.58 bits per heavy atom. The number of carboxylic acids is 2. The van der Waals surface area contributed by atoms with Gasteiger partial charge in [0.15, 0.2) is 0 Å². The minimum Gasteiger partial charge on any atom is -0.481 e. The molecule has 1 aromatic rings. The number of carbonyl (C=O) groups excluding carboxylic acids is 1. The monoisotopic (exact) mass is 270 g/mol. The highest BCUT2D eigenvalue weighted by Gasteiger charge is 2.22. The zero-order valence-corrected chi connectivity index (χ0v) is 9.94. The summed E-state index contributed by atoms with van der Waals surface area (Å²) in [5, 5.41) is 21.7. The third kappa shape index (κ3) is 5.52. The van der Waals surface area contributed by atoms with Gasteiger partial charge in [-0.25, -0.2) is 14.6 Å². The van der Waals surface area contributed by atoms with Gasteiger partial charge in [-0.05, 0) is 0 Å². The fourth-order valence-corrected chi connectivity index (χ4v) is 1.30. The van der Waals surface area contributed by atoms with Gasteiger partial charge < -0.3 is 25.4 Å². The largest absolute Gasteiger partial charge is 0.481 e. The van der Waals surface area contributed by atoms with E-state index >= 15 is 0 Å². The molecule has 1 rings (SSSR count). The zero-order valence-electron chi connectivity index (χ0n) is 9.94. The molecule has 0 aliphatic carbocycles. The Kier molecular flexibility index (Phi) is 5.33. The second-order valence-electron chi connectivity index (χ2n) is 3.69. The summed E-state index contributed by atoms with van der Waals surface area (Å²) in [5.74, 6) is -2.70. The van der Waals surface area contributed by atoms with Crippen molar-refractivity contribution in [3.05, 3.63) is 18.7 Å². The van der Waals surface area contributed by atoms with Crippen LogP contribution in [0.4, 0.5) is 4.79 Å². The molecular formula is C10H14N4O5. The summed E-state index contributed by atoms with van der Waals surface area (Å²) in [7, 11) is 0. The number of nitrogens with one attached hydrogen (secondary N) is 2. The fraction of sp³-hybridized carbons (Fsp3) is 0.400. The number of aliphatic carboxylic acids is 2. The van der Waals surface area contributed by atoms with Crippen LogP contribution in [-0.4, -0.2) is 50.3 Å². The van der Waals surface area contributed by atoms with Crippen molar-refractivity contribution in [2.45, 2.75) is 19.0 Å². The highest BCUT2D eigenvalue weighted by Crippen LogP contribution is 1.92. The number of carbonyl (C=O) groups is 3. The van der Waals surface area contributed by atoms with Crippen LogP contribution in [0.5, 0.6) is 0 Å². The summed E-state index contributed by atoms with van der Waals surface area (Å²) in [6.07, 6.45) is 4.20. The molecule has 0 aromatic carbocycles. The molecule has 9 nitrogen and oxygen atoms in total. The minimum atomic E-state index is -1.45. The molecule has 1 aromatic heterocycles. The van der Waals surface area contributed by atoms with Gasteiger partial charge in [-0.3, -0.25) is 4.79 Å². The van der Waals surface area contributed by atoms with Crippen LogP contribution in [-0.2, 0) is 16.1 Å². The third-order valence-electron chi connectivity index (χ3n) is 2.20. The summed E-state index contributed by atoms with van der Waals surface area (Å²) in [6.45, 7) is 0.742. The molecule has 4 N–H and O–H groups in total. The number of carboxylic acid groups (broad SMARTS) is 2. The van der Waals surface area contributed by atoms with Crippen molar-refractivity contribution in [2.75, 3.05) is 6.54 Å². The van der Waals surface area contributed by atoms with Crippen LogP contribution in [0, 0.1) is 0 Å². The third-order valence-corrected chi connectivity index (χ3v) is 2.20. The molecule has 0 aliphatic rings. The van der Waals surface area contributed by atoms with E-state index in [-0.39, 0.29) is 6.54 Å². The number of amides is 2. The quantitative estimate of drug-likeness (QED) is 0.508. The van der Waals surface area contributed by atoms with Gasteiger partial charge in [0.1, 0.15) is 6.04 Å². The smallest absolute Gasteiger partial charge is 0.326 e. The average molecular weight is 270 g/mol. The Morgan fingerprint density at radius 2 is 2.05 bits per heavy atom. The Hall–Kier alpha value is -2.58. The average Bonchev–Trinajstić information content (AvgIpc) is 2.80. The molecule has 9 heteroatoms. The second kappa shape index (κ2) is 6.99. The van der Waals surface area contributed by atoms with Gasteiger partial charge in [0.05, 0.1) is 12.7 Å². The second-order valence-corrected chi connectivity index (χ2v) is 3.69. The maximum absolute atomic E-state index is 11.4. The molecule has 19 heavy (non-hydrogen) atoms. The first-order valence-corrected chi connectivity index (χ1v) is 5.43. The van der Waals surface area contributed by atoms with Crippen LogP contribution in [0.3, 0.4) is 0 Å². The first kappa shape index (κ1) is 14.5. The first-order valence-electron chi connectivity index (χ1n) is 5.43. The molecule has 0 aliphatic heterocycles. The summed E-state index contributed by atoms with van der Waals surface area (Å²) in [5.41, 5.74) is 0. The summed E-state index contributed by atoms with van der Waals surface area (Å²) in [6, 6.07) is -2.18. The van der Waals surface area contributed by atoms with Gasteiger partial charge in [0.2, 0.25) is 0 Å². The maximum Gasteiger partial charge on any atom is 0.326 e. The van der Waals surface area contributed by atoms with E-state index in [1.165, 1.54) is 0 Å². The predicted molar refractivity (Wildman–Crippen MR) is 62.4 cm³/mol. The number of aromatic nitrogens is 2. The van der Waals surface area contributed by atoms with E-state index in [2.05, 4.69) is 15.6 Å². The lowest BCUT2D eigenvalue weighted by Gasteiger charge is -2.13. The SMILES string of the molecule is O=C(O)CC(NC(=O)NCCn1ccnc1)C(=O)O. The van der Waals surface area contributed by atoms with E-state index in [1.54, 1.807) is 23.3 Å². The highest BCUT2D eigenvalue weighted by atomic mass is 16.4. The zero-order chi connectivity index (χ0) is 14.3.